The fraction of sp³-hybridized carbons (Fsp3) is 0.200. The molecule has 1 aromatic heterocycles. The van der Waals surface area contributed by atoms with Crippen molar-refractivity contribution in [1.82, 2.24) is 10.2 Å². The molecule has 0 spiro atoms. The normalized spacial score (nSPS) is 19.1. The molecule has 0 radical (unpaired) electrons. The fourth-order valence-corrected chi connectivity index (χ4v) is 3.83. The Bertz CT molecular complexity index is 495. The van der Waals surface area contributed by atoms with E-state index in [0.717, 1.165) is 10.8 Å². The highest BCUT2D eigenvalue weighted by molar-refractivity contribution is 7.99. The lowest BCUT2D eigenvalue weighted by atomic mass is 10.0. The van der Waals surface area contributed by atoms with Crippen molar-refractivity contribution < 1.29 is 0 Å². The van der Waals surface area contributed by atoms with Gasteiger partial charge in [0.1, 0.15) is 5.01 Å². The van der Waals surface area contributed by atoms with Crippen molar-refractivity contribution in [2.45, 2.75) is 10.8 Å². The van der Waals surface area contributed by atoms with E-state index in [4.69, 9.17) is 5.73 Å². The van der Waals surface area contributed by atoms with Gasteiger partial charge in [-0.3, -0.25) is 0 Å². The summed E-state index contributed by atoms with van der Waals surface area (Å²) in [5, 5.41) is 9.59. The molecule has 1 unspecified atom stereocenters. The first-order valence-electron chi connectivity index (χ1n) is 4.65. The molecule has 3 nitrogen and oxygen atoms in total. The molecule has 0 bridgehead atoms. The molecule has 0 saturated heterocycles. The summed E-state index contributed by atoms with van der Waals surface area (Å²) >= 11 is 3.37. The summed E-state index contributed by atoms with van der Waals surface area (Å²) in [5.41, 5.74) is 6.96. The number of anilines is 1. The van der Waals surface area contributed by atoms with Gasteiger partial charge in [0.15, 0.2) is 0 Å². The number of nitrogens with two attached hydrogens (primary N) is 1. The Kier molecular flexibility index (Phi) is 2.14. The van der Waals surface area contributed by atoms with Crippen molar-refractivity contribution >= 4 is 28.2 Å². The van der Waals surface area contributed by atoms with Crippen LogP contribution in [0.15, 0.2) is 29.2 Å². The van der Waals surface area contributed by atoms with Crippen LogP contribution in [0, 0.1) is 0 Å². The number of thioether (sulfide) groups is 1. The summed E-state index contributed by atoms with van der Waals surface area (Å²) < 4.78 is 0. The first-order chi connectivity index (χ1) is 7.34. The van der Waals surface area contributed by atoms with E-state index in [9.17, 15) is 0 Å². The van der Waals surface area contributed by atoms with Crippen LogP contribution in [-0.4, -0.2) is 16.0 Å². The molecule has 0 aliphatic carbocycles. The van der Waals surface area contributed by atoms with Crippen LogP contribution >= 0.6 is 23.1 Å². The molecule has 1 aliphatic heterocycles. The van der Waals surface area contributed by atoms with Crippen LogP contribution in [0.4, 0.5) is 5.13 Å². The Labute approximate surface area is 95.7 Å². The number of rotatable bonds is 1. The molecule has 15 heavy (non-hydrogen) atoms. The Morgan fingerprint density at radius 1 is 1.27 bits per heavy atom. The summed E-state index contributed by atoms with van der Waals surface area (Å²) in [4.78, 5) is 1.36. The third-order valence-electron chi connectivity index (χ3n) is 2.45. The van der Waals surface area contributed by atoms with E-state index in [1.807, 2.05) is 11.8 Å². The third kappa shape index (κ3) is 1.52. The molecule has 5 heteroatoms. The van der Waals surface area contributed by atoms with Gasteiger partial charge in [-0.1, -0.05) is 29.5 Å². The third-order valence-corrected chi connectivity index (χ3v) is 4.50. The molecule has 0 amide bonds. The summed E-state index contributed by atoms with van der Waals surface area (Å²) in [6.45, 7) is 0. The number of hydrogen-bond acceptors (Lipinski definition) is 5. The quantitative estimate of drug-likeness (QED) is 0.824. The Morgan fingerprint density at radius 3 is 2.93 bits per heavy atom. The van der Waals surface area contributed by atoms with Gasteiger partial charge >= 0.3 is 0 Å². The first-order valence-corrected chi connectivity index (χ1v) is 6.45. The summed E-state index contributed by atoms with van der Waals surface area (Å²) in [6, 6.07) is 8.47. The number of nitrogens with zero attached hydrogens (tertiary/aromatic N) is 2. The van der Waals surface area contributed by atoms with Gasteiger partial charge in [0.25, 0.3) is 0 Å². The largest absolute Gasteiger partial charge is 0.374 e. The highest BCUT2D eigenvalue weighted by Crippen LogP contribution is 2.43. The average Bonchev–Trinajstić information content (AvgIpc) is 2.83. The molecule has 76 valence electrons. The average molecular weight is 235 g/mol. The van der Waals surface area contributed by atoms with Gasteiger partial charge in [0, 0.05) is 16.6 Å². The molecule has 0 saturated carbocycles. The van der Waals surface area contributed by atoms with E-state index < -0.39 is 0 Å². The molecule has 2 N–H and O–H groups in total. The van der Waals surface area contributed by atoms with Crippen LogP contribution in [0.25, 0.3) is 0 Å². The maximum atomic E-state index is 5.60. The maximum absolute atomic E-state index is 5.60. The van der Waals surface area contributed by atoms with Gasteiger partial charge in [-0.2, -0.15) is 0 Å². The minimum atomic E-state index is 0.376. The second-order valence-electron chi connectivity index (χ2n) is 3.38. The number of benzene rings is 1. The van der Waals surface area contributed by atoms with E-state index >= 15 is 0 Å². The lowest BCUT2D eigenvalue weighted by Crippen LogP contribution is -1.98. The topological polar surface area (TPSA) is 51.8 Å². The molecule has 2 aromatic rings. The highest BCUT2D eigenvalue weighted by atomic mass is 32.2. The minimum absolute atomic E-state index is 0.376. The predicted octanol–water partition coefficient (Wildman–Crippen LogP) is 2.36. The molecular formula is C10H9N3S2. The Balaban J connectivity index is 2.04. The van der Waals surface area contributed by atoms with E-state index in [1.165, 1.54) is 21.8 Å². The van der Waals surface area contributed by atoms with E-state index in [0.29, 0.717) is 11.0 Å². The summed E-state index contributed by atoms with van der Waals surface area (Å²) in [7, 11) is 0. The Morgan fingerprint density at radius 2 is 2.13 bits per heavy atom. The van der Waals surface area contributed by atoms with Gasteiger partial charge in [0.2, 0.25) is 5.13 Å². The minimum Gasteiger partial charge on any atom is -0.374 e. The fourth-order valence-electron chi connectivity index (χ4n) is 1.75. The number of hydrogen-bond donors (Lipinski definition) is 1. The van der Waals surface area contributed by atoms with Gasteiger partial charge in [0.05, 0.1) is 0 Å². The molecule has 1 aliphatic rings. The highest BCUT2D eigenvalue weighted by Gasteiger charge is 2.26. The van der Waals surface area contributed by atoms with Crippen LogP contribution in [0.1, 0.15) is 16.5 Å². The van der Waals surface area contributed by atoms with Crippen molar-refractivity contribution in [3.8, 4) is 0 Å². The monoisotopic (exact) mass is 235 g/mol. The second-order valence-corrected chi connectivity index (χ2v) is 5.48. The van der Waals surface area contributed by atoms with Crippen LogP contribution in [0.2, 0.25) is 0 Å². The van der Waals surface area contributed by atoms with Gasteiger partial charge < -0.3 is 5.73 Å². The molecule has 3 rings (SSSR count). The molecular weight excluding hydrogens is 226 g/mol. The first kappa shape index (κ1) is 9.18. The van der Waals surface area contributed by atoms with Crippen molar-refractivity contribution in [2.75, 3.05) is 11.5 Å². The summed E-state index contributed by atoms with van der Waals surface area (Å²) in [6.07, 6.45) is 0. The van der Waals surface area contributed by atoms with Crippen molar-refractivity contribution in [3.63, 3.8) is 0 Å². The van der Waals surface area contributed by atoms with Crippen LogP contribution < -0.4 is 5.73 Å². The number of fused-ring (bicyclic) bond motifs is 1. The van der Waals surface area contributed by atoms with Gasteiger partial charge in [-0.05, 0) is 11.6 Å². The van der Waals surface area contributed by atoms with E-state index in [-0.39, 0.29) is 0 Å². The van der Waals surface area contributed by atoms with Crippen molar-refractivity contribution in [2.24, 2.45) is 0 Å². The van der Waals surface area contributed by atoms with Crippen LogP contribution in [0.3, 0.4) is 0 Å². The van der Waals surface area contributed by atoms with E-state index in [1.54, 1.807) is 0 Å². The molecule has 0 fully saturated rings. The molecule has 1 atom stereocenters. The number of nitrogen functional groups attached to an aromatic ring is 1. The second kappa shape index (κ2) is 3.50. The zero-order valence-electron chi connectivity index (χ0n) is 7.88. The van der Waals surface area contributed by atoms with Crippen molar-refractivity contribution in [1.29, 1.82) is 0 Å². The summed E-state index contributed by atoms with van der Waals surface area (Å²) in [5.74, 6) is 1.43. The van der Waals surface area contributed by atoms with Gasteiger partial charge in [-0.25, -0.2) is 0 Å². The Hall–Kier alpha value is -1.07. The smallest absolute Gasteiger partial charge is 0.203 e. The van der Waals surface area contributed by atoms with E-state index in [2.05, 4.69) is 34.5 Å². The lowest BCUT2D eigenvalue weighted by Gasteiger charge is -2.04. The lowest BCUT2D eigenvalue weighted by molar-refractivity contribution is 0.881. The SMILES string of the molecule is Nc1nnc(C2CSc3ccccc32)s1. The number of aromatic nitrogens is 2. The molecule has 2 heterocycles. The molecule has 1 aromatic carbocycles. The predicted molar refractivity (Wildman–Crippen MR) is 63.3 cm³/mol. The zero-order chi connectivity index (χ0) is 10.3. The standard InChI is InChI=1S/C10H9N3S2/c11-10-13-12-9(15-10)7-5-14-8-4-2-1-3-6(7)8/h1-4,7H,5H2,(H2,11,13). The van der Waals surface area contributed by atoms with Crippen LogP contribution in [0.5, 0.6) is 0 Å². The maximum Gasteiger partial charge on any atom is 0.203 e. The zero-order valence-corrected chi connectivity index (χ0v) is 9.52. The van der Waals surface area contributed by atoms with Crippen LogP contribution in [-0.2, 0) is 0 Å². The van der Waals surface area contributed by atoms with Gasteiger partial charge in [-0.15, -0.1) is 22.0 Å². The van der Waals surface area contributed by atoms with Crippen molar-refractivity contribution in [3.05, 3.63) is 34.8 Å².